The topological polar surface area (TPSA) is 107 Å². The monoisotopic (exact) mass is 409 g/mol. The van der Waals surface area contributed by atoms with Gasteiger partial charge in [0.1, 0.15) is 5.69 Å². The number of hydrogen-bond donors (Lipinski definition) is 1. The van der Waals surface area contributed by atoms with Crippen molar-refractivity contribution >= 4 is 17.8 Å². The zero-order valence-corrected chi connectivity index (χ0v) is 14.8. The lowest BCUT2D eigenvalue weighted by molar-refractivity contribution is -0.154. The fraction of sp³-hybridized carbons (Fsp3) is 0.353. The number of nitrogens with one attached hydrogen (secondary N) is 1. The van der Waals surface area contributed by atoms with Gasteiger partial charge in [-0.2, -0.15) is 23.2 Å². The third-order valence-electron chi connectivity index (χ3n) is 4.09. The van der Waals surface area contributed by atoms with E-state index in [4.69, 9.17) is 4.84 Å². The number of pyridine rings is 1. The first-order valence-corrected chi connectivity index (χ1v) is 8.62. The number of ether oxygens (including phenoxy) is 1. The average Bonchev–Trinajstić information content (AvgIpc) is 3.44. The predicted molar refractivity (Wildman–Crippen MR) is 89.7 cm³/mol. The van der Waals surface area contributed by atoms with Crippen LogP contribution in [0.1, 0.15) is 28.9 Å². The van der Waals surface area contributed by atoms with Gasteiger partial charge in [-0.1, -0.05) is 0 Å². The van der Waals surface area contributed by atoms with Crippen LogP contribution in [0, 0.1) is 5.92 Å². The molecule has 1 N–H and O–H groups in total. The molecule has 1 aliphatic carbocycles. The van der Waals surface area contributed by atoms with E-state index in [1.54, 1.807) is 0 Å². The SMILES string of the molecule is O=C(Nc1nccc(C(=O)N2Cc3ccc(OCC(F)(F)F)nc3O2)n1)C1CC1. The molecule has 2 aromatic rings. The van der Waals surface area contributed by atoms with E-state index in [1.807, 2.05) is 0 Å². The molecule has 0 saturated heterocycles. The van der Waals surface area contributed by atoms with E-state index in [1.165, 1.54) is 24.4 Å². The Morgan fingerprint density at radius 3 is 2.76 bits per heavy atom. The van der Waals surface area contributed by atoms with Crippen molar-refractivity contribution in [2.24, 2.45) is 5.92 Å². The number of halogens is 3. The highest BCUT2D eigenvalue weighted by molar-refractivity contribution is 5.94. The zero-order chi connectivity index (χ0) is 20.6. The van der Waals surface area contributed by atoms with Gasteiger partial charge >= 0.3 is 12.1 Å². The van der Waals surface area contributed by atoms with Gasteiger partial charge in [0.15, 0.2) is 6.61 Å². The Labute approximate surface area is 161 Å². The normalized spacial score (nSPS) is 15.5. The number of nitrogens with zero attached hydrogens (tertiary/aromatic N) is 4. The Hall–Kier alpha value is -3.44. The summed E-state index contributed by atoms with van der Waals surface area (Å²) in [5.74, 6) is -1.17. The molecule has 2 aliphatic rings. The molecule has 1 saturated carbocycles. The predicted octanol–water partition coefficient (Wildman–Crippen LogP) is 2.11. The second-order valence-corrected chi connectivity index (χ2v) is 6.48. The summed E-state index contributed by atoms with van der Waals surface area (Å²) in [5.41, 5.74) is 0.474. The minimum absolute atomic E-state index is 0.00502. The summed E-state index contributed by atoms with van der Waals surface area (Å²) >= 11 is 0. The van der Waals surface area contributed by atoms with Crippen molar-refractivity contribution in [2.45, 2.75) is 25.6 Å². The molecule has 0 unspecified atom stereocenters. The minimum atomic E-state index is -4.50. The molecule has 0 aromatic carbocycles. The van der Waals surface area contributed by atoms with Gasteiger partial charge in [-0.05, 0) is 25.0 Å². The fourth-order valence-electron chi connectivity index (χ4n) is 2.52. The molecule has 3 heterocycles. The average molecular weight is 409 g/mol. The molecule has 1 aliphatic heterocycles. The highest BCUT2D eigenvalue weighted by Gasteiger charge is 2.32. The van der Waals surface area contributed by atoms with Crippen molar-refractivity contribution in [1.82, 2.24) is 20.0 Å². The molecular weight excluding hydrogens is 395 g/mol. The van der Waals surface area contributed by atoms with E-state index >= 15 is 0 Å². The second-order valence-electron chi connectivity index (χ2n) is 6.48. The summed E-state index contributed by atoms with van der Waals surface area (Å²) < 4.78 is 41.3. The first-order valence-electron chi connectivity index (χ1n) is 8.62. The molecule has 0 spiro atoms. The minimum Gasteiger partial charge on any atom is -0.468 e. The largest absolute Gasteiger partial charge is 0.468 e. The molecule has 2 aromatic heterocycles. The smallest absolute Gasteiger partial charge is 0.422 e. The maximum Gasteiger partial charge on any atom is 0.422 e. The summed E-state index contributed by atoms with van der Waals surface area (Å²) in [6, 6.07) is 4.08. The summed E-state index contributed by atoms with van der Waals surface area (Å²) in [6.45, 7) is -1.47. The Balaban J connectivity index is 1.42. The third-order valence-corrected chi connectivity index (χ3v) is 4.09. The van der Waals surface area contributed by atoms with Gasteiger partial charge in [0.05, 0.1) is 6.54 Å². The van der Waals surface area contributed by atoms with E-state index in [9.17, 15) is 22.8 Å². The van der Waals surface area contributed by atoms with Crippen LogP contribution in [0.4, 0.5) is 19.1 Å². The molecule has 29 heavy (non-hydrogen) atoms. The molecule has 0 radical (unpaired) electrons. The lowest BCUT2D eigenvalue weighted by atomic mass is 10.2. The molecular formula is C17H14F3N5O4. The molecule has 4 rings (SSSR count). The van der Waals surface area contributed by atoms with Crippen molar-refractivity contribution in [3.8, 4) is 11.8 Å². The number of rotatable bonds is 5. The van der Waals surface area contributed by atoms with Gasteiger partial charge in [0.2, 0.25) is 17.7 Å². The van der Waals surface area contributed by atoms with Crippen LogP contribution in [0.15, 0.2) is 24.4 Å². The van der Waals surface area contributed by atoms with Crippen LogP contribution in [0.3, 0.4) is 0 Å². The van der Waals surface area contributed by atoms with Gasteiger partial charge in [0.25, 0.3) is 5.88 Å². The zero-order valence-electron chi connectivity index (χ0n) is 14.8. The first-order chi connectivity index (χ1) is 13.8. The summed E-state index contributed by atoms with van der Waals surface area (Å²) in [4.78, 5) is 41.5. The number of anilines is 1. The van der Waals surface area contributed by atoms with Crippen molar-refractivity contribution in [3.63, 3.8) is 0 Å². The van der Waals surface area contributed by atoms with Crippen LogP contribution < -0.4 is 14.9 Å². The number of carbonyl (C=O) groups excluding carboxylic acids is 2. The number of hydrogen-bond acceptors (Lipinski definition) is 7. The maximum absolute atomic E-state index is 12.6. The van der Waals surface area contributed by atoms with Crippen LogP contribution in [-0.4, -0.2) is 44.6 Å². The molecule has 152 valence electrons. The number of alkyl halides is 3. The molecule has 12 heteroatoms. The van der Waals surface area contributed by atoms with Crippen LogP contribution in [0.2, 0.25) is 0 Å². The maximum atomic E-state index is 12.6. The highest BCUT2D eigenvalue weighted by Crippen LogP contribution is 2.31. The lowest BCUT2D eigenvalue weighted by Gasteiger charge is -2.13. The number of carbonyl (C=O) groups is 2. The van der Waals surface area contributed by atoms with Crippen LogP contribution >= 0.6 is 0 Å². The van der Waals surface area contributed by atoms with Crippen molar-refractivity contribution < 1.29 is 32.3 Å². The summed E-state index contributed by atoms with van der Waals surface area (Å²) in [6.07, 6.45) is -1.55. The Kier molecular flexibility index (Phi) is 4.68. The van der Waals surface area contributed by atoms with Crippen LogP contribution in [0.25, 0.3) is 0 Å². The van der Waals surface area contributed by atoms with E-state index in [2.05, 4.69) is 25.0 Å². The number of amides is 2. The van der Waals surface area contributed by atoms with Crippen molar-refractivity contribution in [3.05, 3.63) is 35.7 Å². The number of hydroxylamine groups is 2. The lowest BCUT2D eigenvalue weighted by Crippen LogP contribution is -2.30. The quantitative estimate of drug-likeness (QED) is 0.806. The van der Waals surface area contributed by atoms with E-state index in [0.29, 0.717) is 5.56 Å². The third kappa shape index (κ3) is 4.52. The van der Waals surface area contributed by atoms with Crippen molar-refractivity contribution in [1.29, 1.82) is 0 Å². The van der Waals surface area contributed by atoms with Crippen molar-refractivity contribution in [2.75, 3.05) is 11.9 Å². The van der Waals surface area contributed by atoms with Gasteiger partial charge in [0, 0.05) is 23.7 Å². The fourth-order valence-corrected chi connectivity index (χ4v) is 2.52. The summed E-state index contributed by atoms with van der Waals surface area (Å²) in [7, 11) is 0. The Bertz CT molecular complexity index is 964. The van der Waals surface area contributed by atoms with E-state index in [0.717, 1.165) is 17.9 Å². The molecule has 0 bridgehead atoms. The highest BCUT2D eigenvalue weighted by atomic mass is 19.4. The van der Waals surface area contributed by atoms with E-state index in [-0.39, 0.29) is 41.8 Å². The van der Waals surface area contributed by atoms with Crippen LogP contribution in [-0.2, 0) is 11.3 Å². The van der Waals surface area contributed by atoms with Gasteiger partial charge in [-0.3, -0.25) is 14.9 Å². The first kappa shape index (κ1) is 18.9. The van der Waals surface area contributed by atoms with Gasteiger partial charge in [-0.25, -0.2) is 9.97 Å². The molecule has 9 nitrogen and oxygen atoms in total. The number of fused-ring (bicyclic) bond motifs is 1. The standard InChI is InChI=1S/C17H14F3N5O4/c18-17(19,20)8-28-12-4-3-10-7-25(29-14(10)23-12)15(27)11-5-6-21-16(22-11)24-13(26)9-1-2-9/h3-6,9H,1-2,7-8H2,(H,21,22,24,26). The van der Waals surface area contributed by atoms with Crippen LogP contribution in [0.5, 0.6) is 11.8 Å². The second kappa shape index (κ2) is 7.18. The molecule has 1 fully saturated rings. The molecule has 2 amide bonds. The van der Waals surface area contributed by atoms with E-state index < -0.39 is 18.7 Å². The van der Waals surface area contributed by atoms with Gasteiger partial charge < -0.3 is 9.57 Å². The molecule has 0 atom stereocenters. The Morgan fingerprint density at radius 2 is 2.03 bits per heavy atom. The Morgan fingerprint density at radius 1 is 1.24 bits per heavy atom. The number of aromatic nitrogens is 3. The summed E-state index contributed by atoms with van der Waals surface area (Å²) in [5, 5.41) is 3.51. The van der Waals surface area contributed by atoms with Gasteiger partial charge in [-0.15, -0.1) is 0 Å².